The van der Waals surface area contributed by atoms with Crippen molar-refractivity contribution in [1.82, 2.24) is 0 Å². The molecule has 86 valence electrons. The molecule has 0 unspecified atom stereocenters. The maximum atomic E-state index is 10.3. The van der Waals surface area contributed by atoms with Gasteiger partial charge < -0.3 is 5.11 Å². The molecule has 0 atom stereocenters. The summed E-state index contributed by atoms with van der Waals surface area (Å²) in [6.07, 6.45) is 0.661. The Morgan fingerprint density at radius 1 is 1.35 bits per heavy atom. The van der Waals surface area contributed by atoms with Gasteiger partial charge in [-0.2, -0.15) is 10.5 Å². The molecular formula is C12H10N2O2S. The SMILES string of the molecule is N#Cc1cccc(SCCCC(=O)O)c1C#N. The molecule has 0 radical (unpaired) electrons. The van der Waals surface area contributed by atoms with E-state index in [1.807, 2.05) is 12.1 Å². The van der Waals surface area contributed by atoms with Gasteiger partial charge in [0.25, 0.3) is 0 Å². The lowest BCUT2D eigenvalue weighted by atomic mass is 10.1. The molecule has 0 aromatic heterocycles. The van der Waals surface area contributed by atoms with Gasteiger partial charge in [0.2, 0.25) is 0 Å². The van der Waals surface area contributed by atoms with Crippen molar-refractivity contribution in [3.63, 3.8) is 0 Å². The van der Waals surface area contributed by atoms with E-state index in [0.717, 1.165) is 4.90 Å². The van der Waals surface area contributed by atoms with Gasteiger partial charge in [0.05, 0.1) is 11.1 Å². The number of hydrogen-bond donors (Lipinski definition) is 1. The van der Waals surface area contributed by atoms with E-state index in [0.29, 0.717) is 23.3 Å². The topological polar surface area (TPSA) is 84.9 Å². The Balaban J connectivity index is 2.69. The molecule has 0 aliphatic rings. The number of benzene rings is 1. The Morgan fingerprint density at radius 3 is 2.71 bits per heavy atom. The van der Waals surface area contributed by atoms with Gasteiger partial charge in [-0.05, 0) is 24.3 Å². The lowest BCUT2D eigenvalue weighted by molar-refractivity contribution is -0.137. The van der Waals surface area contributed by atoms with Crippen LogP contribution >= 0.6 is 11.8 Å². The van der Waals surface area contributed by atoms with Crippen LogP contribution < -0.4 is 0 Å². The number of rotatable bonds is 5. The lowest BCUT2D eigenvalue weighted by Gasteiger charge is -2.04. The van der Waals surface area contributed by atoms with Crippen molar-refractivity contribution >= 4 is 17.7 Å². The zero-order chi connectivity index (χ0) is 12.7. The molecule has 0 aliphatic carbocycles. The number of hydrogen-bond acceptors (Lipinski definition) is 4. The second-order valence-corrected chi connectivity index (χ2v) is 4.38. The van der Waals surface area contributed by atoms with Gasteiger partial charge in [-0.15, -0.1) is 11.8 Å². The number of carboxylic acid groups (broad SMARTS) is 1. The first-order valence-electron chi connectivity index (χ1n) is 4.97. The zero-order valence-electron chi connectivity index (χ0n) is 9.01. The minimum atomic E-state index is -0.822. The van der Waals surface area contributed by atoms with Gasteiger partial charge in [0, 0.05) is 11.3 Å². The summed E-state index contributed by atoms with van der Waals surface area (Å²) in [5, 5.41) is 26.3. The third-order valence-electron chi connectivity index (χ3n) is 2.05. The van der Waals surface area contributed by atoms with Crippen molar-refractivity contribution in [3.8, 4) is 12.1 Å². The van der Waals surface area contributed by atoms with Crippen molar-refractivity contribution in [3.05, 3.63) is 29.3 Å². The van der Waals surface area contributed by atoms with E-state index in [1.165, 1.54) is 11.8 Å². The van der Waals surface area contributed by atoms with Gasteiger partial charge in [-0.1, -0.05) is 6.07 Å². The number of nitriles is 2. The van der Waals surface area contributed by atoms with Crippen LogP contribution in [0.25, 0.3) is 0 Å². The second kappa shape index (κ2) is 6.57. The second-order valence-electron chi connectivity index (χ2n) is 3.25. The highest BCUT2D eigenvalue weighted by Gasteiger charge is 2.08. The smallest absolute Gasteiger partial charge is 0.303 e. The van der Waals surface area contributed by atoms with Crippen LogP contribution in [0.15, 0.2) is 23.1 Å². The molecule has 17 heavy (non-hydrogen) atoms. The molecule has 5 heteroatoms. The van der Waals surface area contributed by atoms with Crippen LogP contribution in [-0.4, -0.2) is 16.8 Å². The van der Waals surface area contributed by atoms with Gasteiger partial charge in [-0.25, -0.2) is 0 Å². The summed E-state index contributed by atoms with van der Waals surface area (Å²) < 4.78 is 0. The number of thioether (sulfide) groups is 1. The van der Waals surface area contributed by atoms with Gasteiger partial charge in [0.15, 0.2) is 0 Å². The molecule has 0 saturated heterocycles. The van der Waals surface area contributed by atoms with E-state index >= 15 is 0 Å². The fourth-order valence-electron chi connectivity index (χ4n) is 1.27. The van der Waals surface area contributed by atoms with E-state index in [2.05, 4.69) is 0 Å². The van der Waals surface area contributed by atoms with Crippen LogP contribution in [0.3, 0.4) is 0 Å². The van der Waals surface area contributed by atoms with Gasteiger partial charge in [0.1, 0.15) is 12.1 Å². The summed E-state index contributed by atoms with van der Waals surface area (Å²) in [4.78, 5) is 11.1. The van der Waals surface area contributed by atoms with Crippen LogP contribution in [0, 0.1) is 22.7 Å². The van der Waals surface area contributed by atoms with Crippen molar-refractivity contribution in [2.24, 2.45) is 0 Å². The van der Waals surface area contributed by atoms with E-state index in [1.54, 1.807) is 18.2 Å². The Bertz CT molecular complexity index is 500. The minimum absolute atomic E-state index is 0.118. The molecule has 0 amide bonds. The Labute approximate surface area is 103 Å². The molecule has 0 saturated carbocycles. The standard InChI is InChI=1S/C12H10N2O2S/c13-7-9-3-1-4-11(10(9)8-14)17-6-2-5-12(15)16/h1,3-4H,2,5-6H2,(H,15,16). The molecular weight excluding hydrogens is 236 g/mol. The summed E-state index contributed by atoms with van der Waals surface area (Å²) in [6, 6.07) is 9.06. The predicted molar refractivity (Wildman–Crippen MR) is 63.5 cm³/mol. The Hall–Kier alpha value is -1.98. The van der Waals surface area contributed by atoms with Crippen LogP contribution in [0.2, 0.25) is 0 Å². The molecule has 0 fully saturated rings. The average molecular weight is 246 g/mol. The van der Waals surface area contributed by atoms with Crippen molar-refractivity contribution in [1.29, 1.82) is 10.5 Å². The molecule has 1 aromatic rings. The van der Waals surface area contributed by atoms with E-state index in [4.69, 9.17) is 15.6 Å². The first-order valence-corrected chi connectivity index (χ1v) is 5.95. The maximum absolute atomic E-state index is 10.3. The maximum Gasteiger partial charge on any atom is 0.303 e. The highest BCUT2D eigenvalue weighted by Crippen LogP contribution is 2.25. The van der Waals surface area contributed by atoms with Gasteiger partial charge >= 0.3 is 5.97 Å². The lowest BCUT2D eigenvalue weighted by Crippen LogP contribution is -1.95. The molecule has 1 N–H and O–H groups in total. The zero-order valence-corrected chi connectivity index (χ0v) is 9.83. The summed E-state index contributed by atoms with van der Waals surface area (Å²) in [5.41, 5.74) is 0.728. The molecule has 0 spiro atoms. The number of carboxylic acids is 1. The van der Waals surface area contributed by atoms with Crippen molar-refractivity contribution in [2.75, 3.05) is 5.75 Å². The fraction of sp³-hybridized carbons (Fsp3) is 0.250. The highest BCUT2D eigenvalue weighted by atomic mass is 32.2. The molecule has 0 aliphatic heterocycles. The molecule has 0 heterocycles. The number of nitrogens with zero attached hydrogens (tertiary/aromatic N) is 2. The minimum Gasteiger partial charge on any atom is -0.481 e. The number of aliphatic carboxylic acids is 1. The van der Waals surface area contributed by atoms with E-state index in [-0.39, 0.29) is 6.42 Å². The monoisotopic (exact) mass is 246 g/mol. The molecule has 4 nitrogen and oxygen atoms in total. The largest absolute Gasteiger partial charge is 0.481 e. The van der Waals surface area contributed by atoms with E-state index < -0.39 is 5.97 Å². The molecule has 1 aromatic carbocycles. The first-order chi connectivity index (χ1) is 8.19. The average Bonchev–Trinajstić information content (AvgIpc) is 2.33. The Morgan fingerprint density at radius 2 is 2.12 bits per heavy atom. The van der Waals surface area contributed by atoms with Crippen molar-refractivity contribution in [2.45, 2.75) is 17.7 Å². The van der Waals surface area contributed by atoms with Crippen LogP contribution in [0.1, 0.15) is 24.0 Å². The molecule has 1 rings (SSSR count). The molecule has 0 bridgehead atoms. The van der Waals surface area contributed by atoms with Crippen molar-refractivity contribution < 1.29 is 9.90 Å². The first kappa shape index (κ1) is 13.1. The fourth-order valence-corrected chi connectivity index (χ4v) is 2.25. The quantitative estimate of drug-likeness (QED) is 0.636. The van der Waals surface area contributed by atoms with Crippen LogP contribution in [0.4, 0.5) is 0 Å². The Kier molecular flexibility index (Phi) is 5.06. The summed E-state index contributed by atoms with van der Waals surface area (Å²) >= 11 is 1.41. The summed E-state index contributed by atoms with van der Waals surface area (Å²) in [7, 11) is 0. The highest BCUT2D eigenvalue weighted by molar-refractivity contribution is 7.99. The summed E-state index contributed by atoms with van der Waals surface area (Å²) in [5.74, 6) is -0.201. The van der Waals surface area contributed by atoms with Crippen LogP contribution in [0.5, 0.6) is 0 Å². The third kappa shape index (κ3) is 3.82. The van der Waals surface area contributed by atoms with Crippen LogP contribution in [-0.2, 0) is 4.79 Å². The third-order valence-corrected chi connectivity index (χ3v) is 3.20. The van der Waals surface area contributed by atoms with E-state index in [9.17, 15) is 4.79 Å². The predicted octanol–water partition coefficient (Wildman–Crippen LogP) is 2.39. The normalized spacial score (nSPS) is 9.29. The summed E-state index contributed by atoms with van der Waals surface area (Å²) in [6.45, 7) is 0. The number of carbonyl (C=O) groups is 1. The van der Waals surface area contributed by atoms with Gasteiger partial charge in [-0.3, -0.25) is 4.79 Å².